The molecule has 0 atom stereocenters. The molecule has 132 valence electrons. The normalized spacial score (nSPS) is 10.5. The molecule has 0 bridgehead atoms. The van der Waals surface area contributed by atoms with Crippen molar-refractivity contribution in [3.05, 3.63) is 95.5 Å². The lowest BCUT2D eigenvalue weighted by atomic mass is 10.1. The third kappa shape index (κ3) is 4.59. The summed E-state index contributed by atoms with van der Waals surface area (Å²) in [5.74, 6) is -0.546. The van der Waals surface area contributed by atoms with E-state index in [9.17, 15) is 4.79 Å². The average Bonchev–Trinajstić information content (AvgIpc) is 2.72. The summed E-state index contributed by atoms with van der Waals surface area (Å²) in [7, 11) is 0. The largest absolute Gasteiger partial charge is 0.501 e. The van der Waals surface area contributed by atoms with Gasteiger partial charge < -0.3 is 9.84 Å². The number of aromatic nitrogens is 1. The lowest BCUT2D eigenvalue weighted by Gasteiger charge is -2.08. The predicted molar refractivity (Wildman–Crippen MR) is 104 cm³/mol. The number of pyridine rings is 1. The summed E-state index contributed by atoms with van der Waals surface area (Å²) in [6, 6.07) is 17.9. The molecule has 0 aliphatic rings. The molecule has 0 saturated carbocycles. The Hall–Kier alpha value is -3.91. The van der Waals surface area contributed by atoms with Crippen molar-refractivity contribution in [1.29, 1.82) is 0 Å². The summed E-state index contributed by atoms with van der Waals surface area (Å²) in [6.07, 6.45) is 5.27. The first kappa shape index (κ1) is 17.9. The number of hydrogen-bond donors (Lipinski definition) is 1. The van der Waals surface area contributed by atoms with Crippen LogP contribution in [0.25, 0.3) is 22.2 Å². The van der Waals surface area contributed by atoms with Gasteiger partial charge in [-0.3, -0.25) is 4.98 Å². The molecule has 1 N–H and O–H groups in total. The molecule has 0 aliphatic heterocycles. The van der Waals surface area contributed by atoms with Crippen LogP contribution in [0.3, 0.4) is 0 Å². The SMILES string of the molecule is [C-]#[N+]c1cc(-c2cc(C(=O)O)ccn2)ccc1OCC=Cc1ccccc1. The summed E-state index contributed by atoms with van der Waals surface area (Å²) in [4.78, 5) is 18.8. The molecule has 27 heavy (non-hydrogen) atoms. The molecule has 5 heteroatoms. The van der Waals surface area contributed by atoms with Crippen LogP contribution in [0.15, 0.2) is 72.9 Å². The molecule has 0 radical (unpaired) electrons. The lowest BCUT2D eigenvalue weighted by molar-refractivity contribution is 0.0697. The highest BCUT2D eigenvalue weighted by molar-refractivity contribution is 5.89. The Morgan fingerprint density at radius 1 is 1.15 bits per heavy atom. The summed E-state index contributed by atoms with van der Waals surface area (Å²) in [6.45, 7) is 7.72. The molecular weight excluding hydrogens is 340 g/mol. The second-order valence-corrected chi connectivity index (χ2v) is 5.65. The smallest absolute Gasteiger partial charge is 0.335 e. The van der Waals surface area contributed by atoms with E-state index in [1.807, 2.05) is 42.5 Å². The molecule has 1 aromatic heterocycles. The third-order valence-corrected chi connectivity index (χ3v) is 3.83. The minimum atomic E-state index is -1.02. The van der Waals surface area contributed by atoms with Crippen molar-refractivity contribution in [1.82, 2.24) is 4.98 Å². The molecule has 3 rings (SSSR count). The number of nitrogens with zero attached hydrogens (tertiary/aromatic N) is 2. The highest BCUT2D eigenvalue weighted by Crippen LogP contribution is 2.32. The van der Waals surface area contributed by atoms with Crippen molar-refractivity contribution < 1.29 is 14.6 Å². The van der Waals surface area contributed by atoms with Crippen LogP contribution in [-0.2, 0) is 0 Å². The number of carbonyl (C=O) groups is 1. The van der Waals surface area contributed by atoms with Crippen molar-refractivity contribution in [3.8, 4) is 17.0 Å². The second-order valence-electron chi connectivity index (χ2n) is 5.65. The van der Waals surface area contributed by atoms with E-state index in [-0.39, 0.29) is 5.56 Å². The van der Waals surface area contributed by atoms with E-state index in [0.29, 0.717) is 29.3 Å². The second kappa shape index (κ2) is 8.45. The van der Waals surface area contributed by atoms with Gasteiger partial charge in [0.1, 0.15) is 12.4 Å². The first-order valence-electron chi connectivity index (χ1n) is 8.23. The molecule has 3 aromatic rings. The van der Waals surface area contributed by atoms with Crippen molar-refractivity contribution in [2.75, 3.05) is 6.61 Å². The fraction of sp³-hybridized carbons (Fsp3) is 0.0455. The highest BCUT2D eigenvalue weighted by Gasteiger charge is 2.09. The Balaban J connectivity index is 1.75. The fourth-order valence-electron chi connectivity index (χ4n) is 2.49. The van der Waals surface area contributed by atoms with Gasteiger partial charge in [-0.25, -0.2) is 9.64 Å². The van der Waals surface area contributed by atoms with Gasteiger partial charge in [-0.2, -0.15) is 0 Å². The Morgan fingerprint density at radius 3 is 2.70 bits per heavy atom. The van der Waals surface area contributed by atoms with E-state index >= 15 is 0 Å². The molecule has 5 nitrogen and oxygen atoms in total. The van der Waals surface area contributed by atoms with E-state index in [0.717, 1.165) is 5.56 Å². The van der Waals surface area contributed by atoms with Crippen molar-refractivity contribution in [3.63, 3.8) is 0 Å². The van der Waals surface area contributed by atoms with Crippen LogP contribution in [0.4, 0.5) is 5.69 Å². The fourth-order valence-corrected chi connectivity index (χ4v) is 2.49. The van der Waals surface area contributed by atoms with Gasteiger partial charge in [0, 0.05) is 6.20 Å². The quantitative estimate of drug-likeness (QED) is 0.625. The summed E-state index contributed by atoms with van der Waals surface area (Å²) >= 11 is 0. The minimum absolute atomic E-state index is 0.149. The van der Waals surface area contributed by atoms with Gasteiger partial charge in [0.05, 0.1) is 17.8 Å². The van der Waals surface area contributed by atoms with Gasteiger partial charge in [0.25, 0.3) is 0 Å². The highest BCUT2D eigenvalue weighted by atomic mass is 16.5. The Morgan fingerprint density at radius 2 is 1.96 bits per heavy atom. The molecule has 0 unspecified atom stereocenters. The Bertz CT molecular complexity index is 1020. The average molecular weight is 356 g/mol. The van der Waals surface area contributed by atoms with Gasteiger partial charge in [-0.1, -0.05) is 42.5 Å². The minimum Gasteiger partial charge on any atom is -0.501 e. The van der Waals surface area contributed by atoms with Gasteiger partial charge in [-0.15, -0.1) is 0 Å². The number of benzene rings is 2. The summed E-state index contributed by atoms with van der Waals surface area (Å²) in [5, 5.41) is 9.10. The Kier molecular flexibility index (Phi) is 5.60. The van der Waals surface area contributed by atoms with Crippen LogP contribution in [0.1, 0.15) is 15.9 Å². The van der Waals surface area contributed by atoms with Crippen LogP contribution in [0.5, 0.6) is 5.75 Å². The van der Waals surface area contributed by atoms with E-state index in [1.165, 1.54) is 18.3 Å². The Labute approximate surface area is 157 Å². The zero-order chi connectivity index (χ0) is 19.1. The van der Waals surface area contributed by atoms with Gasteiger partial charge >= 0.3 is 5.97 Å². The standard InChI is InChI=1S/C22H16N2O3/c1-23-20-14-17(19-15-18(22(25)26)11-12-24-19)9-10-21(20)27-13-5-8-16-6-3-2-4-7-16/h2-12,14-15H,13H2,(H,25,26). The van der Waals surface area contributed by atoms with Gasteiger partial charge in [-0.05, 0) is 41.5 Å². The monoisotopic (exact) mass is 356 g/mol. The topological polar surface area (TPSA) is 63.8 Å². The number of ether oxygens (including phenoxy) is 1. The summed E-state index contributed by atoms with van der Waals surface area (Å²) in [5.41, 5.74) is 2.73. The van der Waals surface area contributed by atoms with E-state index in [4.69, 9.17) is 16.4 Å². The van der Waals surface area contributed by atoms with E-state index in [2.05, 4.69) is 9.83 Å². The molecule has 0 spiro atoms. The molecular formula is C22H16N2O3. The van der Waals surface area contributed by atoms with Crippen molar-refractivity contribution >= 4 is 17.7 Å². The molecule has 0 fully saturated rings. The first-order chi connectivity index (χ1) is 13.2. The molecule has 0 amide bonds. The van der Waals surface area contributed by atoms with Crippen molar-refractivity contribution in [2.45, 2.75) is 0 Å². The van der Waals surface area contributed by atoms with Crippen molar-refractivity contribution in [2.24, 2.45) is 0 Å². The van der Waals surface area contributed by atoms with Crippen LogP contribution < -0.4 is 4.74 Å². The number of hydrogen-bond acceptors (Lipinski definition) is 3. The maximum Gasteiger partial charge on any atom is 0.335 e. The predicted octanol–water partition coefficient (Wildman–Crippen LogP) is 5.09. The summed E-state index contributed by atoms with van der Waals surface area (Å²) < 4.78 is 5.69. The lowest BCUT2D eigenvalue weighted by Crippen LogP contribution is -1.97. The zero-order valence-corrected chi connectivity index (χ0v) is 14.4. The van der Waals surface area contributed by atoms with Crippen LogP contribution >= 0.6 is 0 Å². The number of aromatic carboxylic acids is 1. The molecule has 0 saturated heterocycles. The van der Waals surface area contributed by atoms with Crippen LogP contribution in [0.2, 0.25) is 0 Å². The molecule has 0 aliphatic carbocycles. The van der Waals surface area contributed by atoms with E-state index in [1.54, 1.807) is 18.2 Å². The number of rotatable bonds is 6. The molecule has 2 aromatic carbocycles. The van der Waals surface area contributed by atoms with E-state index < -0.39 is 5.97 Å². The third-order valence-electron chi connectivity index (χ3n) is 3.83. The number of carboxylic acid groups (broad SMARTS) is 1. The first-order valence-corrected chi connectivity index (χ1v) is 8.23. The maximum absolute atomic E-state index is 11.1. The van der Waals surface area contributed by atoms with Gasteiger partial charge in [0.2, 0.25) is 5.69 Å². The molecule has 1 heterocycles. The number of carboxylic acids is 1. The maximum atomic E-state index is 11.1. The zero-order valence-electron chi connectivity index (χ0n) is 14.4. The van der Waals surface area contributed by atoms with Crippen LogP contribution in [-0.4, -0.2) is 22.7 Å². The van der Waals surface area contributed by atoms with Gasteiger partial charge in [0.15, 0.2) is 0 Å². The van der Waals surface area contributed by atoms with Crippen LogP contribution in [0, 0.1) is 6.57 Å².